The first-order chi connectivity index (χ1) is 12.1. The highest BCUT2D eigenvalue weighted by atomic mass is 32.2. The molecule has 0 bridgehead atoms. The fraction of sp³-hybridized carbons (Fsp3) is 0.611. The number of hydrogen-bond acceptors (Lipinski definition) is 5. The number of nitrogens with zero attached hydrogens (tertiary/aromatic N) is 4. The maximum absolute atomic E-state index is 12.6. The van der Waals surface area contributed by atoms with Crippen molar-refractivity contribution >= 4 is 11.8 Å². The lowest BCUT2D eigenvalue weighted by molar-refractivity contribution is -0.0337. The SMILES string of the molecule is CC1(C)CC(=C(C#N)C#N)C(C#N)=C(N2CCC(SC(F)(F)F)CC2)C1. The van der Waals surface area contributed by atoms with Crippen LogP contribution in [0.1, 0.15) is 39.5 Å². The number of hydrogen-bond donors (Lipinski definition) is 0. The van der Waals surface area contributed by atoms with Crippen molar-refractivity contribution in [1.82, 2.24) is 4.90 Å². The van der Waals surface area contributed by atoms with Crippen molar-refractivity contribution in [1.29, 1.82) is 15.8 Å². The summed E-state index contributed by atoms with van der Waals surface area (Å²) in [6.45, 7) is 4.87. The molecule has 1 aliphatic carbocycles. The minimum absolute atomic E-state index is 0.0422. The lowest BCUT2D eigenvalue weighted by atomic mass is 9.72. The summed E-state index contributed by atoms with van der Waals surface area (Å²) in [5.41, 5.74) is -2.99. The molecule has 26 heavy (non-hydrogen) atoms. The third-order valence-electron chi connectivity index (χ3n) is 4.65. The summed E-state index contributed by atoms with van der Waals surface area (Å²) in [5.74, 6) is 0. The molecule has 2 rings (SSSR count). The molecule has 0 amide bonds. The molecule has 8 heteroatoms. The second-order valence-electron chi connectivity index (χ2n) is 7.28. The van der Waals surface area contributed by atoms with E-state index in [1.807, 2.05) is 30.9 Å². The first kappa shape index (κ1) is 20.2. The van der Waals surface area contributed by atoms with Crippen molar-refractivity contribution in [3.63, 3.8) is 0 Å². The van der Waals surface area contributed by atoms with Crippen LogP contribution in [0.25, 0.3) is 0 Å². The highest BCUT2D eigenvalue weighted by Gasteiger charge is 2.38. The number of piperidine rings is 1. The van der Waals surface area contributed by atoms with Crippen LogP contribution >= 0.6 is 11.8 Å². The van der Waals surface area contributed by atoms with Gasteiger partial charge in [-0.15, -0.1) is 0 Å². The van der Waals surface area contributed by atoms with Crippen LogP contribution in [0, 0.1) is 39.4 Å². The molecule has 0 N–H and O–H groups in total. The van der Waals surface area contributed by atoms with Crippen molar-refractivity contribution in [2.75, 3.05) is 13.1 Å². The van der Waals surface area contributed by atoms with Gasteiger partial charge < -0.3 is 4.90 Å². The summed E-state index contributed by atoms with van der Waals surface area (Å²) in [6.07, 6.45) is 1.82. The van der Waals surface area contributed by atoms with E-state index in [-0.39, 0.29) is 22.7 Å². The molecule has 138 valence electrons. The average Bonchev–Trinajstić information content (AvgIpc) is 2.54. The summed E-state index contributed by atoms with van der Waals surface area (Å²) in [5, 5.41) is 27.6. The number of halogens is 3. The number of rotatable bonds is 2. The lowest BCUT2D eigenvalue weighted by Gasteiger charge is -2.41. The summed E-state index contributed by atoms with van der Waals surface area (Å²) in [4.78, 5) is 1.96. The van der Waals surface area contributed by atoms with Crippen LogP contribution in [0.4, 0.5) is 13.2 Å². The minimum Gasteiger partial charge on any atom is -0.374 e. The van der Waals surface area contributed by atoms with E-state index in [0.29, 0.717) is 49.9 Å². The zero-order chi connectivity index (χ0) is 19.5. The maximum Gasteiger partial charge on any atom is 0.442 e. The van der Waals surface area contributed by atoms with E-state index >= 15 is 0 Å². The number of alkyl halides is 3. The molecule has 0 radical (unpaired) electrons. The van der Waals surface area contributed by atoms with Gasteiger partial charge in [-0.2, -0.15) is 29.0 Å². The molecule has 2 aliphatic rings. The van der Waals surface area contributed by atoms with Gasteiger partial charge in [-0.1, -0.05) is 13.8 Å². The normalized spacial score (nSPS) is 21.0. The number of thioether (sulfide) groups is 1. The molecule has 0 unspecified atom stereocenters. The van der Waals surface area contributed by atoms with Crippen LogP contribution in [0.2, 0.25) is 0 Å². The van der Waals surface area contributed by atoms with Crippen molar-refractivity contribution in [3.8, 4) is 18.2 Å². The van der Waals surface area contributed by atoms with E-state index in [0.717, 1.165) is 5.70 Å². The van der Waals surface area contributed by atoms with Crippen LogP contribution in [-0.4, -0.2) is 28.7 Å². The number of likely N-dealkylation sites (tertiary alicyclic amines) is 1. The smallest absolute Gasteiger partial charge is 0.374 e. The molecule has 1 fully saturated rings. The maximum atomic E-state index is 12.6. The zero-order valence-corrected chi connectivity index (χ0v) is 15.5. The molecule has 1 saturated heterocycles. The van der Waals surface area contributed by atoms with Crippen molar-refractivity contribution < 1.29 is 13.2 Å². The van der Waals surface area contributed by atoms with Crippen molar-refractivity contribution in [2.45, 2.75) is 50.3 Å². The van der Waals surface area contributed by atoms with E-state index in [1.54, 1.807) is 0 Å². The third kappa shape index (κ3) is 4.74. The topological polar surface area (TPSA) is 74.6 Å². The minimum atomic E-state index is -4.23. The monoisotopic (exact) mass is 380 g/mol. The lowest BCUT2D eigenvalue weighted by Crippen LogP contribution is -2.38. The Kier molecular flexibility index (Phi) is 5.94. The summed E-state index contributed by atoms with van der Waals surface area (Å²) in [6, 6.07) is 5.86. The first-order valence-corrected chi connectivity index (χ1v) is 9.14. The Morgan fingerprint density at radius 2 is 1.69 bits per heavy atom. The predicted octanol–water partition coefficient (Wildman–Crippen LogP) is 4.65. The Labute approximate surface area is 155 Å². The Bertz CT molecular complexity index is 735. The molecule has 1 aliphatic heterocycles. The number of allylic oxidation sites excluding steroid dienone is 4. The Morgan fingerprint density at radius 1 is 1.12 bits per heavy atom. The van der Waals surface area contributed by atoms with Gasteiger partial charge in [-0.25, -0.2) is 0 Å². The standard InChI is InChI=1S/C18H19F3N4S/c1-17(2)7-14(12(9-22)10-23)15(11-24)16(8-17)25-5-3-13(4-6-25)26-18(19,20)21/h13H,3-8H2,1-2H3. The average molecular weight is 380 g/mol. The molecular formula is C18H19F3N4S. The fourth-order valence-electron chi connectivity index (χ4n) is 3.55. The van der Waals surface area contributed by atoms with Gasteiger partial charge in [0, 0.05) is 29.6 Å². The van der Waals surface area contributed by atoms with E-state index in [4.69, 9.17) is 0 Å². The Hall–Kier alpha value is -2.11. The molecular weight excluding hydrogens is 361 g/mol. The van der Waals surface area contributed by atoms with Gasteiger partial charge in [0.25, 0.3) is 0 Å². The third-order valence-corrected chi connectivity index (χ3v) is 5.72. The van der Waals surface area contributed by atoms with Crippen LogP contribution < -0.4 is 0 Å². The van der Waals surface area contributed by atoms with Crippen LogP contribution in [-0.2, 0) is 0 Å². The van der Waals surface area contributed by atoms with Gasteiger partial charge in [0.1, 0.15) is 23.8 Å². The van der Waals surface area contributed by atoms with Gasteiger partial charge in [0.05, 0.1) is 5.57 Å². The fourth-order valence-corrected chi connectivity index (χ4v) is 4.38. The van der Waals surface area contributed by atoms with Crippen LogP contribution in [0.15, 0.2) is 22.4 Å². The molecule has 0 aromatic heterocycles. The molecule has 0 saturated carbocycles. The van der Waals surface area contributed by atoms with Crippen molar-refractivity contribution in [2.24, 2.45) is 5.41 Å². The zero-order valence-electron chi connectivity index (χ0n) is 14.7. The largest absolute Gasteiger partial charge is 0.442 e. The summed E-state index contributed by atoms with van der Waals surface area (Å²) < 4.78 is 37.7. The van der Waals surface area contributed by atoms with E-state index in [1.165, 1.54) is 0 Å². The van der Waals surface area contributed by atoms with Crippen molar-refractivity contribution in [3.05, 3.63) is 22.4 Å². The second kappa shape index (κ2) is 7.64. The van der Waals surface area contributed by atoms with Crippen LogP contribution in [0.5, 0.6) is 0 Å². The predicted molar refractivity (Wildman–Crippen MR) is 92.1 cm³/mol. The quantitative estimate of drug-likeness (QED) is 0.652. The highest BCUT2D eigenvalue weighted by Crippen LogP contribution is 2.45. The molecule has 0 spiro atoms. The molecule has 0 atom stereocenters. The van der Waals surface area contributed by atoms with Gasteiger partial charge in [-0.3, -0.25) is 0 Å². The Morgan fingerprint density at radius 3 is 2.15 bits per heavy atom. The Balaban J connectivity index is 2.32. The number of nitriles is 3. The van der Waals surface area contributed by atoms with Crippen LogP contribution in [0.3, 0.4) is 0 Å². The molecule has 0 aromatic carbocycles. The summed E-state index contributed by atoms with van der Waals surface area (Å²) >= 11 is 0.0422. The molecule has 1 heterocycles. The van der Waals surface area contributed by atoms with Gasteiger partial charge >= 0.3 is 5.51 Å². The van der Waals surface area contributed by atoms with Gasteiger partial charge in [0.2, 0.25) is 0 Å². The van der Waals surface area contributed by atoms with E-state index in [9.17, 15) is 29.0 Å². The van der Waals surface area contributed by atoms with Gasteiger partial charge in [0.15, 0.2) is 0 Å². The van der Waals surface area contributed by atoms with Gasteiger partial charge in [-0.05, 0) is 42.9 Å². The second-order valence-corrected chi connectivity index (χ2v) is 8.64. The summed E-state index contributed by atoms with van der Waals surface area (Å²) in [7, 11) is 0. The first-order valence-electron chi connectivity index (χ1n) is 8.26. The highest BCUT2D eigenvalue weighted by molar-refractivity contribution is 8.00. The molecule has 4 nitrogen and oxygen atoms in total. The van der Waals surface area contributed by atoms with E-state index in [2.05, 4.69) is 6.07 Å². The molecule has 0 aromatic rings. The van der Waals surface area contributed by atoms with E-state index < -0.39 is 10.8 Å².